The van der Waals surface area contributed by atoms with Gasteiger partial charge in [0.1, 0.15) is 14.5 Å². The Hall–Kier alpha value is 0.530. The molecule has 0 rings (SSSR count). The van der Waals surface area contributed by atoms with Crippen LogP contribution in [-0.4, -0.2) is 45.3 Å². The molecule has 0 aromatic heterocycles. The van der Waals surface area contributed by atoms with Crippen LogP contribution in [0.4, 0.5) is 4.79 Å². The third-order valence-electron chi connectivity index (χ3n) is 1.15. The molecular formula is C7H18OP2+2. The third kappa shape index (κ3) is 3.08. The van der Waals surface area contributed by atoms with Crippen LogP contribution >= 0.6 is 14.5 Å². The van der Waals surface area contributed by atoms with Gasteiger partial charge in [0, 0.05) is 0 Å². The van der Waals surface area contributed by atoms with Gasteiger partial charge in [-0.25, -0.2) is 4.79 Å². The van der Waals surface area contributed by atoms with Gasteiger partial charge in [0.25, 0.3) is 0 Å². The summed E-state index contributed by atoms with van der Waals surface area (Å²) in [6.45, 7) is 12.6. The minimum Gasteiger partial charge on any atom is -0.211 e. The summed E-state index contributed by atoms with van der Waals surface area (Å²) < 4.78 is 0. The van der Waals surface area contributed by atoms with Crippen molar-refractivity contribution in [3.63, 3.8) is 0 Å². The Kier molecular flexibility index (Phi) is 3.03. The normalized spacial score (nSPS) is 13.4. The van der Waals surface area contributed by atoms with Crippen molar-refractivity contribution in [2.45, 2.75) is 0 Å². The SMILES string of the molecule is C[P+](C)(C)C(=O)[P+](C)(C)C. The summed E-state index contributed by atoms with van der Waals surface area (Å²) in [7, 11) is -2.44. The molecule has 0 heterocycles. The molecule has 10 heavy (non-hydrogen) atoms. The van der Waals surface area contributed by atoms with Gasteiger partial charge in [-0.3, -0.25) is 0 Å². The monoisotopic (exact) mass is 180 g/mol. The molecule has 0 spiro atoms. The Labute approximate surface area is 65.3 Å². The van der Waals surface area contributed by atoms with Gasteiger partial charge in [-0.1, -0.05) is 0 Å². The molecule has 0 radical (unpaired) electrons. The van der Waals surface area contributed by atoms with E-state index in [-0.39, 0.29) is 0 Å². The van der Waals surface area contributed by atoms with Crippen molar-refractivity contribution < 1.29 is 4.79 Å². The van der Waals surface area contributed by atoms with Gasteiger partial charge in [0.2, 0.25) is 0 Å². The average molecular weight is 180 g/mol. The molecule has 0 saturated heterocycles. The summed E-state index contributed by atoms with van der Waals surface area (Å²) in [5.41, 5.74) is 0. The zero-order valence-corrected chi connectivity index (χ0v) is 9.59. The fourth-order valence-corrected chi connectivity index (χ4v) is 8.10. The topological polar surface area (TPSA) is 17.1 Å². The number of carbonyl (C=O) groups excluding carboxylic acids is 1. The third-order valence-corrected chi connectivity index (χ3v) is 7.04. The van der Waals surface area contributed by atoms with E-state index in [4.69, 9.17) is 0 Å². The largest absolute Gasteiger partial charge is 0.394 e. The van der Waals surface area contributed by atoms with E-state index in [1.807, 2.05) is 0 Å². The van der Waals surface area contributed by atoms with Crippen LogP contribution in [0.5, 0.6) is 0 Å². The summed E-state index contributed by atoms with van der Waals surface area (Å²) in [6, 6.07) is 0. The Morgan fingerprint density at radius 2 is 1.00 bits per heavy atom. The fourth-order valence-electron chi connectivity index (χ4n) is 0.900. The van der Waals surface area contributed by atoms with E-state index in [2.05, 4.69) is 40.0 Å². The fraction of sp³-hybridized carbons (Fsp3) is 0.857. The average Bonchev–Trinajstić information content (AvgIpc) is 1.59. The lowest BCUT2D eigenvalue weighted by atomic mass is 11.7. The summed E-state index contributed by atoms with van der Waals surface area (Å²) in [5, 5.41) is 0.542. The van der Waals surface area contributed by atoms with E-state index in [1.165, 1.54) is 0 Å². The summed E-state index contributed by atoms with van der Waals surface area (Å²) in [4.78, 5) is 11.6. The number of hydrogen-bond acceptors (Lipinski definition) is 1. The van der Waals surface area contributed by atoms with Crippen LogP contribution in [0.1, 0.15) is 0 Å². The number of hydrogen-bond donors (Lipinski definition) is 0. The maximum atomic E-state index is 11.6. The van der Waals surface area contributed by atoms with Crippen LogP contribution in [0, 0.1) is 0 Å². The first-order chi connectivity index (χ1) is 4.15. The lowest BCUT2D eigenvalue weighted by Crippen LogP contribution is -2.04. The van der Waals surface area contributed by atoms with E-state index in [0.29, 0.717) is 5.27 Å². The Balaban J connectivity index is 4.40. The van der Waals surface area contributed by atoms with Gasteiger partial charge in [0.05, 0.1) is 40.0 Å². The number of carbonyl (C=O) groups is 1. The highest BCUT2D eigenvalue weighted by Crippen LogP contribution is 2.66. The maximum absolute atomic E-state index is 11.6. The quantitative estimate of drug-likeness (QED) is 0.597. The minimum absolute atomic E-state index is 0.542. The molecule has 0 bridgehead atoms. The molecule has 1 nitrogen and oxygen atoms in total. The molecule has 0 unspecified atom stereocenters. The van der Waals surface area contributed by atoms with Crippen molar-refractivity contribution in [1.29, 1.82) is 0 Å². The number of rotatable bonds is 2. The molecular weight excluding hydrogens is 162 g/mol. The zero-order valence-electron chi connectivity index (χ0n) is 7.80. The molecule has 0 aliphatic rings. The van der Waals surface area contributed by atoms with Gasteiger partial charge < -0.3 is 0 Å². The van der Waals surface area contributed by atoms with Gasteiger partial charge in [-0.15, -0.1) is 0 Å². The highest BCUT2D eigenvalue weighted by atomic mass is 31.2. The predicted molar refractivity (Wildman–Crippen MR) is 54.8 cm³/mol. The molecule has 60 valence electrons. The van der Waals surface area contributed by atoms with E-state index in [0.717, 1.165) is 0 Å². The highest BCUT2D eigenvalue weighted by molar-refractivity contribution is 8.13. The molecule has 0 atom stereocenters. The van der Waals surface area contributed by atoms with Crippen molar-refractivity contribution in [3.05, 3.63) is 0 Å². The standard InChI is InChI=1S/C7H18OP2/c1-9(2,3)7(8)10(4,5)6/h1-6H3/q+2. The summed E-state index contributed by atoms with van der Waals surface area (Å²) in [5.74, 6) is 0. The van der Waals surface area contributed by atoms with Crippen molar-refractivity contribution in [2.75, 3.05) is 40.0 Å². The lowest BCUT2D eigenvalue weighted by Gasteiger charge is -2.13. The van der Waals surface area contributed by atoms with Gasteiger partial charge in [0.15, 0.2) is 0 Å². The van der Waals surface area contributed by atoms with Crippen LogP contribution in [0.3, 0.4) is 0 Å². The van der Waals surface area contributed by atoms with Crippen LogP contribution < -0.4 is 0 Å². The molecule has 0 aliphatic carbocycles. The first kappa shape index (κ1) is 10.5. The molecule has 0 saturated carbocycles. The second-order valence-corrected chi connectivity index (χ2v) is 13.5. The maximum Gasteiger partial charge on any atom is 0.394 e. The molecule has 0 aromatic carbocycles. The van der Waals surface area contributed by atoms with Crippen molar-refractivity contribution in [3.8, 4) is 0 Å². The van der Waals surface area contributed by atoms with Crippen LogP contribution in [0.25, 0.3) is 0 Å². The van der Waals surface area contributed by atoms with Gasteiger partial charge in [-0.2, -0.15) is 0 Å². The van der Waals surface area contributed by atoms with E-state index < -0.39 is 14.5 Å². The molecule has 0 aromatic rings. The Morgan fingerprint density at radius 1 is 0.800 bits per heavy atom. The van der Waals surface area contributed by atoms with E-state index in [9.17, 15) is 4.79 Å². The van der Waals surface area contributed by atoms with Crippen LogP contribution in [0.2, 0.25) is 0 Å². The predicted octanol–water partition coefficient (Wildman–Crippen LogP) is 2.92. The van der Waals surface area contributed by atoms with Gasteiger partial charge >= 0.3 is 5.27 Å². The van der Waals surface area contributed by atoms with Crippen LogP contribution in [0.15, 0.2) is 0 Å². The molecule has 0 N–H and O–H groups in total. The second-order valence-electron chi connectivity index (χ2n) is 4.31. The minimum atomic E-state index is -1.22. The molecule has 0 fully saturated rings. The van der Waals surface area contributed by atoms with Crippen LogP contribution in [-0.2, 0) is 0 Å². The first-order valence-corrected chi connectivity index (χ1v) is 9.60. The lowest BCUT2D eigenvalue weighted by molar-refractivity contribution is 0.274. The van der Waals surface area contributed by atoms with E-state index in [1.54, 1.807) is 0 Å². The smallest absolute Gasteiger partial charge is 0.211 e. The summed E-state index contributed by atoms with van der Waals surface area (Å²) in [6.07, 6.45) is 0. The molecule has 3 heteroatoms. The van der Waals surface area contributed by atoms with Crippen molar-refractivity contribution in [1.82, 2.24) is 0 Å². The Bertz CT molecular complexity index is 123. The van der Waals surface area contributed by atoms with E-state index >= 15 is 0 Å². The molecule has 0 aliphatic heterocycles. The summed E-state index contributed by atoms with van der Waals surface area (Å²) >= 11 is 0. The second kappa shape index (κ2) is 2.88. The first-order valence-electron chi connectivity index (χ1n) is 3.33. The van der Waals surface area contributed by atoms with Gasteiger partial charge in [-0.05, 0) is 0 Å². The zero-order chi connectivity index (χ0) is 8.58. The van der Waals surface area contributed by atoms with Crippen molar-refractivity contribution >= 4 is 19.8 Å². The highest BCUT2D eigenvalue weighted by Gasteiger charge is 2.45. The van der Waals surface area contributed by atoms with Crippen molar-refractivity contribution in [2.24, 2.45) is 0 Å². The molecule has 0 amide bonds. The Morgan fingerprint density at radius 3 is 1.00 bits per heavy atom.